The second-order valence-electron chi connectivity index (χ2n) is 5.90. The summed E-state index contributed by atoms with van der Waals surface area (Å²) in [4.78, 5) is 23.2. The maximum Gasteiger partial charge on any atom is 0.337 e. The average Bonchev–Trinajstić information content (AvgIpc) is 2.61. The van der Waals surface area contributed by atoms with E-state index in [0.717, 1.165) is 11.3 Å². The number of methoxy groups -OCH3 is 1. The first-order chi connectivity index (χ1) is 12.5. The zero-order valence-corrected chi connectivity index (χ0v) is 15.9. The van der Waals surface area contributed by atoms with Crippen LogP contribution in [0, 0.1) is 13.8 Å². The predicted molar refractivity (Wildman–Crippen MR) is 106 cm³/mol. The third-order valence-electron chi connectivity index (χ3n) is 3.52. The first kappa shape index (κ1) is 19.7. The lowest BCUT2D eigenvalue weighted by molar-refractivity contribution is -0.118. The summed E-state index contributed by atoms with van der Waals surface area (Å²) in [6.45, 7) is 4.14. The number of benzene rings is 2. The summed E-state index contributed by atoms with van der Waals surface area (Å²) in [5, 5.41) is 3.94. The molecule has 2 rings (SSSR count). The van der Waals surface area contributed by atoms with Crippen molar-refractivity contribution in [2.75, 3.05) is 12.9 Å². The SMILES string of the molecule is COC(=O)c1ccc(/C=N\NC(=O)CSCc2cc(C)cc(C)c2)cc1. The van der Waals surface area contributed by atoms with Crippen LogP contribution in [0.3, 0.4) is 0 Å². The highest BCUT2D eigenvalue weighted by atomic mass is 32.2. The van der Waals surface area contributed by atoms with Crippen molar-refractivity contribution >= 4 is 29.9 Å². The Labute approximate surface area is 157 Å². The van der Waals surface area contributed by atoms with E-state index in [0.29, 0.717) is 11.3 Å². The Morgan fingerprint density at radius 1 is 1.12 bits per heavy atom. The summed E-state index contributed by atoms with van der Waals surface area (Å²) >= 11 is 1.55. The third kappa shape index (κ3) is 6.37. The molecule has 0 saturated heterocycles. The molecule has 0 radical (unpaired) electrons. The number of carbonyl (C=O) groups excluding carboxylic acids is 2. The first-order valence-electron chi connectivity index (χ1n) is 8.13. The number of nitrogens with one attached hydrogen (secondary N) is 1. The molecule has 0 unspecified atom stereocenters. The Bertz CT molecular complexity index is 781. The van der Waals surface area contributed by atoms with Crippen LogP contribution in [0.1, 0.15) is 32.6 Å². The van der Waals surface area contributed by atoms with Gasteiger partial charge in [-0.25, -0.2) is 10.2 Å². The van der Waals surface area contributed by atoms with Gasteiger partial charge in [-0.15, -0.1) is 11.8 Å². The van der Waals surface area contributed by atoms with Crippen molar-refractivity contribution in [2.45, 2.75) is 19.6 Å². The van der Waals surface area contributed by atoms with Gasteiger partial charge in [0.05, 0.1) is 24.6 Å². The van der Waals surface area contributed by atoms with Gasteiger partial charge in [-0.05, 0) is 37.1 Å². The lowest BCUT2D eigenvalue weighted by Gasteiger charge is -2.04. The van der Waals surface area contributed by atoms with Crippen LogP contribution < -0.4 is 5.43 Å². The van der Waals surface area contributed by atoms with Crippen LogP contribution in [0.2, 0.25) is 0 Å². The Balaban J connectivity index is 1.75. The first-order valence-corrected chi connectivity index (χ1v) is 9.28. The number of nitrogens with zero attached hydrogens (tertiary/aromatic N) is 1. The zero-order chi connectivity index (χ0) is 18.9. The quantitative estimate of drug-likeness (QED) is 0.460. The third-order valence-corrected chi connectivity index (χ3v) is 4.52. The fraction of sp³-hybridized carbons (Fsp3) is 0.250. The number of amides is 1. The number of carbonyl (C=O) groups is 2. The van der Waals surface area contributed by atoms with Crippen molar-refractivity contribution in [3.8, 4) is 0 Å². The molecular weight excluding hydrogens is 348 g/mol. The fourth-order valence-corrected chi connectivity index (χ4v) is 3.20. The minimum atomic E-state index is -0.386. The molecule has 5 nitrogen and oxygen atoms in total. The van der Waals surface area contributed by atoms with Crippen molar-refractivity contribution in [1.82, 2.24) is 5.43 Å². The smallest absolute Gasteiger partial charge is 0.337 e. The molecule has 2 aromatic carbocycles. The van der Waals surface area contributed by atoms with Crippen LogP contribution in [0.4, 0.5) is 0 Å². The largest absolute Gasteiger partial charge is 0.465 e. The molecule has 26 heavy (non-hydrogen) atoms. The highest BCUT2D eigenvalue weighted by Gasteiger charge is 2.04. The summed E-state index contributed by atoms with van der Waals surface area (Å²) in [6.07, 6.45) is 1.54. The molecule has 0 bridgehead atoms. The van der Waals surface area contributed by atoms with Gasteiger partial charge < -0.3 is 4.74 Å². The second kappa shape index (κ2) is 9.77. The molecule has 0 spiro atoms. The average molecular weight is 370 g/mol. The molecule has 0 aliphatic carbocycles. The van der Waals surface area contributed by atoms with E-state index in [1.165, 1.54) is 30.0 Å². The van der Waals surface area contributed by atoms with E-state index in [-0.39, 0.29) is 11.9 Å². The van der Waals surface area contributed by atoms with E-state index >= 15 is 0 Å². The fourth-order valence-electron chi connectivity index (χ4n) is 2.45. The van der Waals surface area contributed by atoms with E-state index in [9.17, 15) is 9.59 Å². The molecule has 0 fully saturated rings. The van der Waals surface area contributed by atoms with Gasteiger partial charge >= 0.3 is 5.97 Å². The van der Waals surface area contributed by atoms with Gasteiger partial charge in [0, 0.05) is 5.75 Å². The summed E-state index contributed by atoms with van der Waals surface area (Å²) in [6, 6.07) is 13.2. The molecular formula is C20H22N2O3S. The molecule has 1 amide bonds. The van der Waals surface area contributed by atoms with Crippen molar-refractivity contribution in [3.63, 3.8) is 0 Å². The minimum Gasteiger partial charge on any atom is -0.465 e. The van der Waals surface area contributed by atoms with Gasteiger partial charge in [-0.3, -0.25) is 4.79 Å². The predicted octanol–water partition coefficient (Wildman–Crippen LogP) is 3.47. The van der Waals surface area contributed by atoms with E-state index in [2.05, 4.69) is 47.3 Å². The van der Waals surface area contributed by atoms with Gasteiger partial charge in [-0.2, -0.15) is 5.10 Å². The second-order valence-corrected chi connectivity index (χ2v) is 6.88. The van der Waals surface area contributed by atoms with Crippen molar-refractivity contribution < 1.29 is 14.3 Å². The molecule has 1 N–H and O–H groups in total. The van der Waals surface area contributed by atoms with Crippen LogP contribution in [0.15, 0.2) is 47.6 Å². The van der Waals surface area contributed by atoms with Gasteiger partial charge in [0.1, 0.15) is 0 Å². The number of rotatable bonds is 7. The summed E-state index contributed by atoms with van der Waals surface area (Å²) in [7, 11) is 1.34. The molecule has 0 heterocycles. The summed E-state index contributed by atoms with van der Waals surface area (Å²) in [5.74, 6) is 0.588. The molecule has 0 aromatic heterocycles. The number of ether oxygens (including phenoxy) is 1. The molecule has 136 valence electrons. The number of hydrogen-bond acceptors (Lipinski definition) is 5. The molecule has 6 heteroatoms. The van der Waals surface area contributed by atoms with Crippen LogP contribution in [-0.2, 0) is 15.3 Å². The Hall–Kier alpha value is -2.60. The number of aryl methyl sites for hydroxylation is 2. The number of esters is 1. The zero-order valence-electron chi connectivity index (χ0n) is 15.1. The van der Waals surface area contributed by atoms with Gasteiger partial charge in [0.2, 0.25) is 5.91 Å². The lowest BCUT2D eigenvalue weighted by Crippen LogP contribution is -2.19. The van der Waals surface area contributed by atoms with Crippen LogP contribution in [0.25, 0.3) is 0 Å². The van der Waals surface area contributed by atoms with E-state index in [1.54, 1.807) is 36.0 Å². The van der Waals surface area contributed by atoms with Crippen LogP contribution in [-0.4, -0.2) is 31.0 Å². The van der Waals surface area contributed by atoms with Gasteiger partial charge in [0.25, 0.3) is 0 Å². The maximum absolute atomic E-state index is 11.8. The van der Waals surface area contributed by atoms with Crippen LogP contribution in [0.5, 0.6) is 0 Å². The Morgan fingerprint density at radius 2 is 1.77 bits per heavy atom. The standard InChI is InChI=1S/C20H22N2O3S/c1-14-8-15(2)10-17(9-14)12-26-13-19(23)22-21-11-16-4-6-18(7-5-16)20(24)25-3/h4-11H,12-13H2,1-3H3,(H,22,23)/b21-11-. The maximum atomic E-state index is 11.8. The summed E-state index contributed by atoms with van der Waals surface area (Å²) < 4.78 is 4.64. The van der Waals surface area contributed by atoms with Gasteiger partial charge in [-0.1, -0.05) is 41.5 Å². The lowest BCUT2D eigenvalue weighted by atomic mass is 10.1. The normalized spacial score (nSPS) is 10.7. The topological polar surface area (TPSA) is 67.8 Å². The highest BCUT2D eigenvalue weighted by Crippen LogP contribution is 2.15. The summed E-state index contributed by atoms with van der Waals surface area (Å²) in [5.41, 5.74) is 7.43. The molecule has 0 aliphatic rings. The molecule has 2 aromatic rings. The van der Waals surface area contributed by atoms with Gasteiger partial charge in [0.15, 0.2) is 0 Å². The molecule has 0 aliphatic heterocycles. The number of hydrazone groups is 1. The van der Waals surface area contributed by atoms with Crippen LogP contribution >= 0.6 is 11.8 Å². The van der Waals surface area contributed by atoms with E-state index in [1.807, 2.05) is 0 Å². The monoisotopic (exact) mass is 370 g/mol. The highest BCUT2D eigenvalue weighted by molar-refractivity contribution is 7.99. The Morgan fingerprint density at radius 3 is 2.38 bits per heavy atom. The number of hydrogen-bond donors (Lipinski definition) is 1. The molecule has 0 atom stereocenters. The molecule has 0 saturated carbocycles. The van der Waals surface area contributed by atoms with Crippen molar-refractivity contribution in [2.24, 2.45) is 5.10 Å². The minimum absolute atomic E-state index is 0.151. The number of thioether (sulfide) groups is 1. The van der Waals surface area contributed by atoms with Crippen molar-refractivity contribution in [3.05, 3.63) is 70.3 Å². The van der Waals surface area contributed by atoms with E-state index < -0.39 is 0 Å². The van der Waals surface area contributed by atoms with Crippen molar-refractivity contribution in [1.29, 1.82) is 0 Å². The van der Waals surface area contributed by atoms with E-state index in [4.69, 9.17) is 0 Å². The Kier molecular flexibility index (Phi) is 7.41.